The van der Waals surface area contributed by atoms with Crippen LogP contribution in [0.3, 0.4) is 0 Å². The van der Waals surface area contributed by atoms with Gasteiger partial charge in [0.05, 0.1) is 6.54 Å². The smallest absolute Gasteiger partial charge is 0.123 e. The molecule has 0 saturated heterocycles. The molecule has 0 saturated carbocycles. The summed E-state index contributed by atoms with van der Waals surface area (Å²) in [5, 5.41) is 3.42. The summed E-state index contributed by atoms with van der Waals surface area (Å²) in [7, 11) is 0. The number of benzene rings is 2. The molecule has 1 aliphatic rings. The van der Waals surface area contributed by atoms with Crippen molar-refractivity contribution >= 4 is 11.8 Å². The van der Waals surface area contributed by atoms with Crippen LogP contribution < -0.4 is 5.32 Å². The summed E-state index contributed by atoms with van der Waals surface area (Å²) in [5.41, 5.74) is 3.89. The summed E-state index contributed by atoms with van der Waals surface area (Å²) < 4.78 is 13.2. The lowest BCUT2D eigenvalue weighted by molar-refractivity contribution is 0.568. The highest BCUT2D eigenvalue weighted by atomic mass is 32.2. The van der Waals surface area contributed by atoms with E-state index in [1.54, 1.807) is 12.1 Å². The molecule has 3 heteroatoms. The first kappa shape index (κ1) is 16.1. The van der Waals surface area contributed by atoms with Crippen molar-refractivity contribution in [3.63, 3.8) is 0 Å². The van der Waals surface area contributed by atoms with Crippen molar-refractivity contribution in [2.45, 2.75) is 30.2 Å². The van der Waals surface area contributed by atoms with Crippen LogP contribution in [0.5, 0.6) is 0 Å². The molecule has 1 atom stereocenters. The SMILES string of the molecule is C#CCNC1CCc2c(SCCc3cccc(F)c3)cccc21. The van der Waals surface area contributed by atoms with E-state index >= 15 is 0 Å². The van der Waals surface area contributed by atoms with E-state index in [4.69, 9.17) is 6.42 Å². The zero-order valence-corrected chi connectivity index (χ0v) is 13.8. The fraction of sp³-hybridized carbons (Fsp3) is 0.300. The average molecular weight is 325 g/mol. The topological polar surface area (TPSA) is 12.0 Å². The summed E-state index contributed by atoms with van der Waals surface area (Å²) >= 11 is 1.86. The first-order valence-corrected chi connectivity index (χ1v) is 8.92. The maximum Gasteiger partial charge on any atom is 0.123 e. The van der Waals surface area contributed by atoms with Gasteiger partial charge in [-0.3, -0.25) is 5.32 Å². The Bertz CT molecular complexity index is 720. The minimum Gasteiger partial charge on any atom is -0.299 e. The predicted molar refractivity (Wildman–Crippen MR) is 95.2 cm³/mol. The van der Waals surface area contributed by atoms with Crippen molar-refractivity contribution in [3.05, 3.63) is 65.0 Å². The monoisotopic (exact) mass is 325 g/mol. The van der Waals surface area contributed by atoms with E-state index < -0.39 is 0 Å². The first-order valence-electron chi connectivity index (χ1n) is 7.94. The normalized spacial score (nSPS) is 16.1. The quantitative estimate of drug-likeness (QED) is 0.625. The number of rotatable bonds is 6. The molecule has 3 rings (SSSR count). The van der Waals surface area contributed by atoms with Gasteiger partial charge in [-0.15, -0.1) is 18.2 Å². The van der Waals surface area contributed by atoms with Crippen LogP contribution in [-0.2, 0) is 12.8 Å². The molecule has 0 radical (unpaired) electrons. The average Bonchev–Trinajstić information content (AvgIpc) is 2.97. The van der Waals surface area contributed by atoms with Crippen LogP contribution in [0, 0.1) is 18.2 Å². The third-order valence-corrected chi connectivity index (χ3v) is 5.32. The zero-order valence-electron chi connectivity index (χ0n) is 13.0. The number of thioether (sulfide) groups is 1. The fourth-order valence-electron chi connectivity index (χ4n) is 3.12. The van der Waals surface area contributed by atoms with Crippen LogP contribution in [0.4, 0.5) is 4.39 Å². The molecular formula is C20H20FNS. The van der Waals surface area contributed by atoms with Crippen molar-refractivity contribution in [1.82, 2.24) is 5.32 Å². The summed E-state index contributed by atoms with van der Waals surface area (Å²) in [6.45, 7) is 0.612. The first-order chi connectivity index (χ1) is 11.3. The molecule has 118 valence electrons. The van der Waals surface area contributed by atoms with Gasteiger partial charge in [0.15, 0.2) is 0 Å². The molecule has 0 aliphatic heterocycles. The van der Waals surface area contributed by atoms with Crippen LogP contribution in [0.15, 0.2) is 47.4 Å². The highest BCUT2D eigenvalue weighted by Crippen LogP contribution is 2.37. The van der Waals surface area contributed by atoms with Gasteiger partial charge in [-0.2, -0.15) is 0 Å². The van der Waals surface area contributed by atoms with Crippen molar-refractivity contribution in [2.24, 2.45) is 0 Å². The van der Waals surface area contributed by atoms with Crippen LogP contribution >= 0.6 is 11.8 Å². The van der Waals surface area contributed by atoms with Gasteiger partial charge in [0.2, 0.25) is 0 Å². The van der Waals surface area contributed by atoms with Gasteiger partial charge in [-0.1, -0.05) is 30.2 Å². The number of aryl methyl sites for hydroxylation is 1. The zero-order chi connectivity index (χ0) is 16.1. The third kappa shape index (κ3) is 3.96. The Morgan fingerprint density at radius 3 is 2.96 bits per heavy atom. The summed E-state index contributed by atoms with van der Waals surface area (Å²) in [5.74, 6) is 3.45. The molecule has 0 spiro atoms. The Morgan fingerprint density at radius 1 is 1.26 bits per heavy atom. The van der Waals surface area contributed by atoms with E-state index in [0.717, 1.165) is 30.6 Å². The van der Waals surface area contributed by atoms with Gasteiger partial charge in [0, 0.05) is 16.7 Å². The lowest BCUT2D eigenvalue weighted by Crippen LogP contribution is -2.19. The number of fused-ring (bicyclic) bond motifs is 1. The van der Waals surface area contributed by atoms with Crippen LogP contribution in [0.1, 0.15) is 29.2 Å². The lowest BCUT2D eigenvalue weighted by atomic mass is 10.1. The molecular weight excluding hydrogens is 305 g/mol. The van der Waals surface area contributed by atoms with Gasteiger partial charge in [-0.05, 0) is 54.2 Å². The molecule has 0 aromatic heterocycles. The second-order valence-electron chi connectivity index (χ2n) is 5.73. The molecule has 2 aromatic rings. The summed E-state index contributed by atoms with van der Waals surface area (Å²) in [6.07, 6.45) is 8.43. The largest absolute Gasteiger partial charge is 0.299 e. The van der Waals surface area contributed by atoms with E-state index in [2.05, 4.69) is 29.4 Å². The van der Waals surface area contributed by atoms with Gasteiger partial charge in [-0.25, -0.2) is 4.39 Å². The van der Waals surface area contributed by atoms with Gasteiger partial charge in [0.25, 0.3) is 0 Å². The van der Waals surface area contributed by atoms with E-state index in [0.29, 0.717) is 12.6 Å². The standard InChI is InChI=1S/C20H20FNS/c1-2-12-22-19-10-9-18-17(19)7-4-8-20(18)23-13-11-15-5-3-6-16(21)14-15/h1,3-8,14,19,22H,9-13H2. The Hall–Kier alpha value is -1.76. The van der Waals surface area contributed by atoms with Crippen LogP contribution in [0.25, 0.3) is 0 Å². The van der Waals surface area contributed by atoms with Gasteiger partial charge in [0.1, 0.15) is 5.82 Å². The minimum atomic E-state index is -0.157. The van der Waals surface area contributed by atoms with E-state index in [1.165, 1.54) is 22.1 Å². The van der Waals surface area contributed by atoms with E-state index in [-0.39, 0.29) is 5.82 Å². The number of hydrogen-bond donors (Lipinski definition) is 1. The van der Waals surface area contributed by atoms with Crippen LogP contribution in [0.2, 0.25) is 0 Å². The number of nitrogens with one attached hydrogen (secondary N) is 1. The molecule has 1 unspecified atom stereocenters. The summed E-state index contributed by atoms with van der Waals surface area (Å²) in [4.78, 5) is 1.35. The molecule has 23 heavy (non-hydrogen) atoms. The van der Waals surface area contributed by atoms with Gasteiger partial charge >= 0.3 is 0 Å². The van der Waals surface area contributed by atoms with Gasteiger partial charge < -0.3 is 0 Å². The maximum absolute atomic E-state index is 13.2. The maximum atomic E-state index is 13.2. The highest BCUT2D eigenvalue weighted by molar-refractivity contribution is 7.99. The molecule has 2 aromatic carbocycles. The number of terminal acetylenes is 1. The second-order valence-corrected chi connectivity index (χ2v) is 6.87. The fourth-order valence-corrected chi connectivity index (χ4v) is 4.25. The van der Waals surface area contributed by atoms with Crippen molar-refractivity contribution in [3.8, 4) is 12.3 Å². The van der Waals surface area contributed by atoms with E-state index in [1.807, 2.05) is 17.8 Å². The third-order valence-electron chi connectivity index (χ3n) is 4.22. The number of hydrogen-bond acceptors (Lipinski definition) is 2. The molecule has 0 fully saturated rings. The summed E-state index contributed by atoms with van der Waals surface area (Å²) in [6, 6.07) is 13.8. The molecule has 0 heterocycles. The Balaban J connectivity index is 1.63. The molecule has 0 amide bonds. The molecule has 1 N–H and O–H groups in total. The lowest BCUT2D eigenvalue weighted by Gasteiger charge is -2.13. The minimum absolute atomic E-state index is 0.157. The second kappa shape index (κ2) is 7.68. The number of halogens is 1. The molecule has 0 bridgehead atoms. The highest BCUT2D eigenvalue weighted by Gasteiger charge is 2.23. The van der Waals surface area contributed by atoms with Crippen molar-refractivity contribution in [1.29, 1.82) is 0 Å². The van der Waals surface area contributed by atoms with Crippen LogP contribution in [-0.4, -0.2) is 12.3 Å². The molecule has 1 nitrogen and oxygen atoms in total. The van der Waals surface area contributed by atoms with E-state index in [9.17, 15) is 4.39 Å². The van der Waals surface area contributed by atoms with Crippen molar-refractivity contribution < 1.29 is 4.39 Å². The Morgan fingerprint density at radius 2 is 2.13 bits per heavy atom. The Kier molecular flexibility index (Phi) is 5.38. The van der Waals surface area contributed by atoms with Crippen molar-refractivity contribution in [2.75, 3.05) is 12.3 Å². The molecule has 1 aliphatic carbocycles. The Labute approximate surface area is 141 Å². The predicted octanol–water partition coefficient (Wildman–Crippen LogP) is 4.37.